The number of halogens is 1. The number of nitrogens with one attached hydrogen (secondary N) is 1. The summed E-state index contributed by atoms with van der Waals surface area (Å²) >= 11 is 4.58. The van der Waals surface area contributed by atoms with Gasteiger partial charge in [-0.25, -0.2) is 13.6 Å². The van der Waals surface area contributed by atoms with Crippen LogP contribution in [0.15, 0.2) is 114 Å². The number of amides is 2. The first-order valence-corrected chi connectivity index (χ1v) is 15.9. The minimum atomic E-state index is -3.85. The molecule has 2 amide bonds. The van der Waals surface area contributed by atoms with Crippen molar-refractivity contribution in [1.82, 2.24) is 9.88 Å². The van der Waals surface area contributed by atoms with Crippen molar-refractivity contribution < 1.29 is 27.2 Å². The molecule has 0 atom stereocenters. The van der Waals surface area contributed by atoms with E-state index in [9.17, 15) is 18.0 Å². The van der Waals surface area contributed by atoms with Gasteiger partial charge < -0.3 is 14.5 Å². The Balaban J connectivity index is 1.33. The summed E-state index contributed by atoms with van der Waals surface area (Å²) in [6.07, 6.45) is 8.01. The first kappa shape index (κ1) is 30.9. The van der Waals surface area contributed by atoms with Crippen LogP contribution in [0.3, 0.4) is 0 Å². The Hall–Kier alpha value is -4.57. The van der Waals surface area contributed by atoms with Crippen LogP contribution in [0.2, 0.25) is 0 Å². The lowest BCUT2D eigenvalue weighted by atomic mass is 10.2. The van der Waals surface area contributed by atoms with Gasteiger partial charge in [-0.15, -0.1) is 5.10 Å². The maximum atomic E-state index is 13.5. The number of nitrogens with zero attached hydrogens (tertiary/aromatic N) is 4. The largest absolute Gasteiger partial charge is 0.483 e. The van der Waals surface area contributed by atoms with Crippen molar-refractivity contribution >= 4 is 72.7 Å². The molecule has 0 aliphatic carbocycles. The molecular formula is C29H23BrN6O6S2. The van der Waals surface area contributed by atoms with E-state index < -0.39 is 15.9 Å². The average Bonchev–Trinajstić information content (AvgIpc) is 3.61. The predicted molar refractivity (Wildman–Crippen MR) is 170 cm³/mol. The molecular weight excluding hydrogens is 672 g/mol. The number of rotatable bonds is 10. The smallest absolute Gasteiger partial charge is 0.267 e. The van der Waals surface area contributed by atoms with Gasteiger partial charge in [0.1, 0.15) is 11.5 Å². The van der Waals surface area contributed by atoms with Gasteiger partial charge in [0.2, 0.25) is 10.0 Å². The van der Waals surface area contributed by atoms with E-state index in [-0.39, 0.29) is 24.0 Å². The fraction of sp³-hybridized carbons (Fsp3) is 0.0690. The van der Waals surface area contributed by atoms with Crippen molar-refractivity contribution in [2.75, 3.05) is 11.9 Å². The molecule has 1 saturated heterocycles. The maximum absolute atomic E-state index is 13.5. The molecule has 1 aliphatic rings. The highest BCUT2D eigenvalue weighted by Crippen LogP contribution is 2.36. The Morgan fingerprint density at radius 3 is 2.68 bits per heavy atom. The fourth-order valence-electron chi connectivity index (χ4n) is 3.85. The predicted octanol–water partition coefficient (Wildman–Crippen LogP) is 4.61. The topological polar surface area (TPSA) is 170 Å². The molecule has 1 aliphatic heterocycles. The number of aromatic nitrogens is 1. The monoisotopic (exact) mass is 694 g/mol. The van der Waals surface area contributed by atoms with E-state index >= 15 is 0 Å². The number of carbonyl (C=O) groups is 2. The molecule has 15 heteroatoms. The summed E-state index contributed by atoms with van der Waals surface area (Å²) in [6, 6.07) is 17.7. The van der Waals surface area contributed by atoms with E-state index in [0.29, 0.717) is 32.8 Å². The van der Waals surface area contributed by atoms with Gasteiger partial charge in [0.25, 0.3) is 11.8 Å². The minimum Gasteiger partial charge on any atom is -0.483 e. The number of hydrogen-bond acceptors (Lipinski definition) is 10. The first-order valence-electron chi connectivity index (χ1n) is 12.8. The van der Waals surface area contributed by atoms with E-state index in [4.69, 9.17) is 14.3 Å². The number of primary sulfonamides is 1. The molecule has 0 radical (unpaired) electrons. The molecule has 3 N–H and O–H groups in total. The zero-order valence-corrected chi connectivity index (χ0v) is 25.9. The lowest BCUT2D eigenvalue weighted by Crippen LogP contribution is -2.28. The third-order valence-corrected chi connectivity index (χ3v) is 8.32. The number of nitrogens with two attached hydrogens (primary N) is 1. The molecule has 3 heterocycles. The fourth-order valence-corrected chi connectivity index (χ4v) is 5.67. The molecule has 224 valence electrons. The van der Waals surface area contributed by atoms with Gasteiger partial charge in [-0.05, 0) is 78.5 Å². The van der Waals surface area contributed by atoms with Gasteiger partial charge in [0.15, 0.2) is 11.8 Å². The Bertz CT molecular complexity index is 1860. The Morgan fingerprint density at radius 1 is 1.16 bits per heavy atom. The molecule has 2 aromatic carbocycles. The van der Waals surface area contributed by atoms with Crippen LogP contribution in [0.25, 0.3) is 6.08 Å². The highest BCUT2D eigenvalue weighted by atomic mass is 79.9. The van der Waals surface area contributed by atoms with Crippen LogP contribution in [0.1, 0.15) is 16.9 Å². The average molecular weight is 696 g/mol. The minimum absolute atomic E-state index is 0.0742. The molecule has 0 unspecified atom stereocenters. The zero-order chi connectivity index (χ0) is 31.1. The van der Waals surface area contributed by atoms with E-state index in [2.05, 4.69) is 36.4 Å². The van der Waals surface area contributed by atoms with Crippen molar-refractivity contribution in [3.05, 3.63) is 112 Å². The van der Waals surface area contributed by atoms with E-state index in [1.54, 1.807) is 54.9 Å². The number of carbonyl (C=O) groups excluding carboxylic acids is 2. The SMILES string of the molecule is NS(=O)(=O)c1ccc(NC(=O)COc2ccc(Br)cc2/C=C2\S/C(=N\N=C\c3cccnc3)N(Cc3ccco3)C2=O)cc1. The Morgan fingerprint density at radius 2 is 1.98 bits per heavy atom. The molecule has 44 heavy (non-hydrogen) atoms. The molecule has 0 spiro atoms. The standard InChI is InChI=1S/C29H23BrN6O6S2/c30-21-5-10-25(42-18-27(37)34-22-6-8-24(9-7-22)44(31,39)40)20(13-21)14-26-28(38)36(17-23-4-2-12-41-23)29(43-26)35-33-16-19-3-1-11-32-15-19/h1-16H,17-18H2,(H,34,37)(H2,31,39,40)/b26-14-,33-16+,35-29-. The van der Waals surface area contributed by atoms with Crippen molar-refractivity contribution in [2.45, 2.75) is 11.4 Å². The lowest BCUT2D eigenvalue weighted by molar-refractivity contribution is -0.122. The summed E-state index contributed by atoms with van der Waals surface area (Å²) in [5, 5.41) is 16.5. The van der Waals surface area contributed by atoms with Crippen LogP contribution in [-0.4, -0.2) is 48.1 Å². The van der Waals surface area contributed by atoms with Gasteiger partial charge in [-0.2, -0.15) is 5.10 Å². The molecule has 0 saturated carbocycles. The Kier molecular flexibility index (Phi) is 9.69. The van der Waals surface area contributed by atoms with E-state index in [1.165, 1.54) is 41.6 Å². The van der Waals surface area contributed by atoms with Gasteiger partial charge in [0.05, 0.1) is 28.8 Å². The molecule has 4 aromatic rings. The van der Waals surface area contributed by atoms with Crippen molar-refractivity contribution in [2.24, 2.45) is 15.3 Å². The van der Waals surface area contributed by atoms with Crippen LogP contribution in [0.5, 0.6) is 5.75 Å². The zero-order valence-electron chi connectivity index (χ0n) is 22.7. The lowest BCUT2D eigenvalue weighted by Gasteiger charge is -2.13. The highest BCUT2D eigenvalue weighted by Gasteiger charge is 2.34. The number of sulfonamides is 1. The third-order valence-electron chi connectivity index (χ3n) is 5.90. The van der Waals surface area contributed by atoms with E-state index in [0.717, 1.165) is 21.8 Å². The summed E-state index contributed by atoms with van der Waals surface area (Å²) in [5.41, 5.74) is 1.66. The second-order valence-corrected chi connectivity index (χ2v) is 12.6. The van der Waals surface area contributed by atoms with Crippen LogP contribution in [0.4, 0.5) is 5.69 Å². The number of hydrogen-bond donors (Lipinski definition) is 2. The summed E-state index contributed by atoms with van der Waals surface area (Å²) in [7, 11) is -3.85. The maximum Gasteiger partial charge on any atom is 0.267 e. The first-order chi connectivity index (χ1) is 21.2. The second-order valence-electron chi connectivity index (χ2n) is 9.08. The van der Waals surface area contributed by atoms with Gasteiger partial charge >= 0.3 is 0 Å². The second kappa shape index (κ2) is 13.8. The van der Waals surface area contributed by atoms with Crippen LogP contribution >= 0.6 is 27.7 Å². The number of ether oxygens (including phenoxy) is 1. The van der Waals surface area contributed by atoms with Crippen LogP contribution in [0, 0.1) is 0 Å². The van der Waals surface area contributed by atoms with Crippen LogP contribution in [-0.2, 0) is 26.2 Å². The van der Waals surface area contributed by atoms with Crippen molar-refractivity contribution in [1.29, 1.82) is 0 Å². The quantitative estimate of drug-likeness (QED) is 0.138. The summed E-state index contributed by atoms with van der Waals surface area (Å²) in [4.78, 5) is 31.9. The normalized spacial score (nSPS) is 15.4. The molecule has 1 fully saturated rings. The molecule has 12 nitrogen and oxygen atoms in total. The number of amidine groups is 1. The molecule has 2 aromatic heterocycles. The summed E-state index contributed by atoms with van der Waals surface area (Å²) in [5.74, 6) is 0.132. The number of pyridine rings is 1. The van der Waals surface area contributed by atoms with Crippen molar-refractivity contribution in [3.8, 4) is 5.75 Å². The summed E-state index contributed by atoms with van der Waals surface area (Å²) < 4.78 is 34.9. The highest BCUT2D eigenvalue weighted by molar-refractivity contribution is 9.10. The van der Waals surface area contributed by atoms with Gasteiger partial charge in [-0.3, -0.25) is 19.5 Å². The van der Waals surface area contributed by atoms with Crippen molar-refractivity contribution in [3.63, 3.8) is 0 Å². The number of benzene rings is 2. The summed E-state index contributed by atoms with van der Waals surface area (Å²) in [6.45, 7) is -0.201. The van der Waals surface area contributed by atoms with Crippen LogP contribution < -0.4 is 15.2 Å². The number of furan rings is 1. The van der Waals surface area contributed by atoms with E-state index in [1.807, 2.05) is 6.07 Å². The molecule has 0 bridgehead atoms. The van der Waals surface area contributed by atoms with Gasteiger partial charge in [-0.1, -0.05) is 22.0 Å². The van der Waals surface area contributed by atoms with Gasteiger partial charge in [0, 0.05) is 33.7 Å². The number of anilines is 1. The third kappa shape index (κ3) is 8.08. The molecule has 5 rings (SSSR count). The Labute approximate surface area is 264 Å². The number of thioether (sulfide) groups is 1.